The van der Waals surface area contributed by atoms with Crippen molar-refractivity contribution in [1.82, 2.24) is 0 Å². The van der Waals surface area contributed by atoms with E-state index < -0.39 is 5.97 Å². The average molecular weight is 399 g/mol. The van der Waals surface area contributed by atoms with Gasteiger partial charge in [0.2, 0.25) is 0 Å². The summed E-state index contributed by atoms with van der Waals surface area (Å²) in [4.78, 5) is 16.2. The van der Waals surface area contributed by atoms with Crippen LogP contribution >= 0.6 is 0 Å². The molecule has 3 rings (SSSR count). The van der Waals surface area contributed by atoms with Crippen LogP contribution in [0, 0.1) is 22.7 Å². The maximum Gasteiger partial charge on any atom is 0.331 e. The van der Waals surface area contributed by atoms with Crippen LogP contribution in [-0.4, -0.2) is 11.7 Å². The molecule has 2 aromatic rings. The fourth-order valence-electron chi connectivity index (χ4n) is 4.56. The van der Waals surface area contributed by atoms with Gasteiger partial charge in [0.25, 0.3) is 0 Å². The van der Waals surface area contributed by atoms with E-state index in [9.17, 15) is 15.3 Å². The smallest absolute Gasteiger partial charge is 0.318 e. The van der Waals surface area contributed by atoms with Crippen LogP contribution in [0.1, 0.15) is 81.2 Å². The molecule has 152 valence electrons. The number of nitrogens with zero attached hydrogens (tertiary/aromatic N) is 3. The summed E-state index contributed by atoms with van der Waals surface area (Å²) in [6, 6.07) is 14.2. The molecule has 0 fully saturated rings. The third kappa shape index (κ3) is 3.37. The van der Waals surface area contributed by atoms with Crippen molar-refractivity contribution >= 4 is 11.7 Å². The third-order valence-electron chi connectivity index (χ3n) is 6.02. The number of hydrogen-bond acceptors (Lipinski definition) is 5. The highest BCUT2D eigenvalue weighted by atomic mass is 16.7. The van der Waals surface area contributed by atoms with Gasteiger partial charge in [-0.3, -0.25) is 0 Å². The van der Waals surface area contributed by atoms with Gasteiger partial charge in [0, 0.05) is 17.9 Å². The van der Waals surface area contributed by atoms with Crippen LogP contribution < -0.4 is 0 Å². The van der Waals surface area contributed by atoms with Gasteiger partial charge in [0.15, 0.2) is 0 Å². The zero-order valence-electron chi connectivity index (χ0n) is 17.9. The van der Waals surface area contributed by atoms with E-state index in [4.69, 9.17) is 4.84 Å². The number of rotatable bonds is 6. The maximum atomic E-state index is 11.3. The quantitative estimate of drug-likeness (QED) is 0.360. The Balaban J connectivity index is 2.28. The summed E-state index contributed by atoms with van der Waals surface area (Å²) in [5.41, 5.74) is 6.54. The number of nitriles is 2. The first-order valence-electron chi connectivity index (χ1n) is 10.3. The second-order valence-electron chi connectivity index (χ2n) is 7.59. The first-order valence-corrected chi connectivity index (χ1v) is 10.3. The van der Waals surface area contributed by atoms with Gasteiger partial charge < -0.3 is 4.84 Å². The van der Waals surface area contributed by atoms with Gasteiger partial charge in [0.05, 0.1) is 29.0 Å². The van der Waals surface area contributed by atoms with Crippen molar-refractivity contribution in [2.24, 2.45) is 5.16 Å². The predicted octanol–water partition coefficient (Wildman–Crippen LogP) is 5.58. The monoisotopic (exact) mass is 399 g/mol. The van der Waals surface area contributed by atoms with Gasteiger partial charge >= 0.3 is 5.97 Å². The highest BCUT2D eigenvalue weighted by Crippen LogP contribution is 2.54. The SMILES string of the molecule is CCC/C(=N\OC(C)=O)c1ccc2c(c1)C(CC)(CC)c1cc(C#N)cc(C#N)c1-2. The Labute approximate surface area is 177 Å². The lowest BCUT2D eigenvalue weighted by molar-refractivity contribution is -0.140. The molecular weight excluding hydrogens is 374 g/mol. The van der Waals surface area contributed by atoms with Gasteiger partial charge in [-0.2, -0.15) is 10.5 Å². The molecule has 0 heterocycles. The van der Waals surface area contributed by atoms with E-state index in [1.54, 1.807) is 6.07 Å². The maximum absolute atomic E-state index is 11.3. The largest absolute Gasteiger partial charge is 0.331 e. The van der Waals surface area contributed by atoms with Crippen LogP contribution in [0.2, 0.25) is 0 Å². The molecule has 0 aromatic heterocycles. The van der Waals surface area contributed by atoms with Crippen molar-refractivity contribution in [2.45, 2.75) is 58.8 Å². The molecule has 0 unspecified atom stereocenters. The highest BCUT2D eigenvalue weighted by Gasteiger charge is 2.42. The summed E-state index contributed by atoms with van der Waals surface area (Å²) in [5.74, 6) is -0.448. The Morgan fingerprint density at radius 3 is 2.37 bits per heavy atom. The minimum Gasteiger partial charge on any atom is -0.318 e. The number of carbonyl (C=O) groups excluding carboxylic acids is 1. The first-order chi connectivity index (χ1) is 14.4. The van der Waals surface area contributed by atoms with E-state index >= 15 is 0 Å². The van der Waals surface area contributed by atoms with Crippen LogP contribution in [0.3, 0.4) is 0 Å². The van der Waals surface area contributed by atoms with Crippen LogP contribution in [0.5, 0.6) is 0 Å². The summed E-state index contributed by atoms with van der Waals surface area (Å²) in [7, 11) is 0. The Hall–Kier alpha value is -3.44. The molecule has 0 atom stereocenters. The lowest BCUT2D eigenvalue weighted by atomic mass is 9.73. The topological polar surface area (TPSA) is 86.2 Å². The Morgan fingerprint density at radius 1 is 1.07 bits per heavy atom. The Kier molecular flexibility index (Phi) is 6.04. The molecule has 0 saturated carbocycles. The van der Waals surface area contributed by atoms with Crippen LogP contribution in [0.25, 0.3) is 11.1 Å². The van der Waals surface area contributed by atoms with Gasteiger partial charge in [-0.05, 0) is 59.7 Å². The van der Waals surface area contributed by atoms with Gasteiger partial charge in [-0.15, -0.1) is 0 Å². The van der Waals surface area contributed by atoms with Gasteiger partial charge in [0.1, 0.15) is 0 Å². The van der Waals surface area contributed by atoms with E-state index in [-0.39, 0.29) is 5.41 Å². The minimum absolute atomic E-state index is 0.280. The van der Waals surface area contributed by atoms with E-state index in [0.29, 0.717) is 17.5 Å². The van der Waals surface area contributed by atoms with Crippen molar-refractivity contribution in [3.63, 3.8) is 0 Å². The summed E-state index contributed by atoms with van der Waals surface area (Å²) < 4.78 is 0. The van der Waals surface area contributed by atoms with Gasteiger partial charge in [-0.1, -0.05) is 44.5 Å². The number of oxime groups is 1. The van der Waals surface area contributed by atoms with E-state index in [1.165, 1.54) is 6.92 Å². The minimum atomic E-state index is -0.448. The fourth-order valence-corrected chi connectivity index (χ4v) is 4.56. The average Bonchev–Trinajstić information content (AvgIpc) is 3.04. The lowest BCUT2D eigenvalue weighted by Gasteiger charge is -2.30. The Bertz CT molecular complexity index is 1110. The van der Waals surface area contributed by atoms with Crippen LogP contribution in [-0.2, 0) is 15.0 Å². The molecule has 0 spiro atoms. The number of carbonyl (C=O) groups is 1. The zero-order chi connectivity index (χ0) is 21.9. The number of hydrogen-bond donors (Lipinski definition) is 0. The molecule has 0 radical (unpaired) electrons. The van der Waals surface area contributed by atoms with Crippen molar-refractivity contribution in [2.75, 3.05) is 0 Å². The first kappa shape index (κ1) is 21.3. The third-order valence-corrected chi connectivity index (χ3v) is 6.02. The van der Waals surface area contributed by atoms with Gasteiger partial charge in [-0.25, -0.2) is 4.79 Å². The fraction of sp³-hybridized carbons (Fsp3) is 0.360. The molecule has 1 aliphatic rings. The summed E-state index contributed by atoms with van der Waals surface area (Å²) >= 11 is 0. The Morgan fingerprint density at radius 2 is 1.80 bits per heavy atom. The van der Waals surface area contributed by atoms with E-state index in [0.717, 1.165) is 52.8 Å². The van der Waals surface area contributed by atoms with E-state index in [1.807, 2.05) is 18.2 Å². The molecule has 0 N–H and O–H groups in total. The molecule has 0 amide bonds. The standard InChI is InChI=1S/C25H25N3O2/c1-5-8-23(28-30-16(4)29)18-9-10-20-21(13-18)25(6-2,7-3)22-12-17(14-26)11-19(15-27)24(20)22/h9-13H,5-8H2,1-4H3/b28-23+. The molecule has 2 aromatic carbocycles. The summed E-state index contributed by atoms with van der Waals surface area (Å²) in [5, 5.41) is 23.3. The van der Waals surface area contributed by atoms with E-state index in [2.05, 4.69) is 44.1 Å². The lowest BCUT2D eigenvalue weighted by Crippen LogP contribution is -2.23. The molecule has 0 aliphatic heterocycles. The van der Waals surface area contributed by atoms with Crippen LogP contribution in [0.15, 0.2) is 35.5 Å². The molecule has 0 bridgehead atoms. The van der Waals surface area contributed by atoms with Crippen molar-refractivity contribution in [3.05, 3.63) is 58.1 Å². The molecule has 1 aliphatic carbocycles. The molecule has 30 heavy (non-hydrogen) atoms. The number of benzene rings is 2. The molecule has 5 nitrogen and oxygen atoms in total. The molecule has 5 heteroatoms. The van der Waals surface area contributed by atoms with Crippen LogP contribution in [0.4, 0.5) is 0 Å². The molecular formula is C25H25N3O2. The predicted molar refractivity (Wildman–Crippen MR) is 116 cm³/mol. The van der Waals surface area contributed by atoms with Crippen molar-refractivity contribution in [3.8, 4) is 23.3 Å². The molecule has 0 saturated heterocycles. The van der Waals surface area contributed by atoms with Crippen molar-refractivity contribution < 1.29 is 9.63 Å². The highest BCUT2D eigenvalue weighted by molar-refractivity contribution is 6.02. The second kappa shape index (κ2) is 8.51. The zero-order valence-corrected chi connectivity index (χ0v) is 17.9. The summed E-state index contributed by atoms with van der Waals surface area (Å²) in [6.45, 7) is 7.67. The summed E-state index contributed by atoms with van der Waals surface area (Å²) in [6.07, 6.45) is 3.24. The number of fused-ring (bicyclic) bond motifs is 3. The normalized spacial score (nSPS) is 13.7. The second-order valence-corrected chi connectivity index (χ2v) is 7.59. The van der Waals surface area contributed by atoms with Crippen molar-refractivity contribution in [1.29, 1.82) is 10.5 Å².